The molecular weight excluding hydrogens is 230 g/mol. The van der Waals surface area contributed by atoms with Crippen molar-refractivity contribution in [3.05, 3.63) is 36.4 Å². The van der Waals surface area contributed by atoms with E-state index in [0.29, 0.717) is 25.1 Å². The lowest BCUT2D eigenvalue weighted by atomic mass is 10.1. The number of nitrogens with zero attached hydrogens (tertiary/aromatic N) is 4. The number of ketones is 1. The molecule has 2 aromatic heterocycles. The molecule has 18 heavy (non-hydrogen) atoms. The third-order valence-electron chi connectivity index (χ3n) is 2.67. The van der Waals surface area contributed by atoms with Gasteiger partial charge < -0.3 is 0 Å². The molecule has 0 spiro atoms. The molecule has 2 heterocycles. The molecule has 6 nitrogen and oxygen atoms in total. The van der Waals surface area contributed by atoms with Crippen molar-refractivity contribution in [2.24, 2.45) is 0 Å². The Morgan fingerprint density at radius 2 is 2.06 bits per heavy atom. The number of hydrogen-bond donors (Lipinski definition) is 1. The van der Waals surface area contributed by atoms with E-state index in [2.05, 4.69) is 20.6 Å². The van der Waals surface area contributed by atoms with Gasteiger partial charge in [0.1, 0.15) is 5.78 Å². The molecule has 2 rings (SSSR count). The Hall–Kier alpha value is -2.11. The number of rotatable bonds is 7. The summed E-state index contributed by atoms with van der Waals surface area (Å²) in [6.45, 7) is 0.738. The van der Waals surface area contributed by atoms with Gasteiger partial charge in [-0.25, -0.2) is 4.57 Å². The van der Waals surface area contributed by atoms with Crippen LogP contribution in [0.25, 0.3) is 0 Å². The summed E-state index contributed by atoms with van der Waals surface area (Å²) in [7, 11) is 0. The van der Waals surface area contributed by atoms with Crippen LogP contribution in [0.5, 0.6) is 0 Å². The summed E-state index contributed by atoms with van der Waals surface area (Å²) in [6.07, 6.45) is 6.54. The molecule has 0 saturated heterocycles. The quantitative estimate of drug-likeness (QED) is 0.720. The average Bonchev–Trinajstić information content (AvgIpc) is 2.91. The molecule has 1 N–H and O–H groups in total. The van der Waals surface area contributed by atoms with Crippen molar-refractivity contribution in [1.29, 1.82) is 0 Å². The summed E-state index contributed by atoms with van der Waals surface area (Å²) in [5.41, 5.74) is 0. The Balaban J connectivity index is 1.63. The normalized spacial score (nSPS) is 10.4. The minimum absolute atomic E-state index is 0.273. The number of aromatic amines is 1. The Bertz CT molecular complexity index is 468. The van der Waals surface area contributed by atoms with Gasteiger partial charge in [0, 0.05) is 25.0 Å². The molecule has 0 aliphatic heterocycles. The van der Waals surface area contributed by atoms with Crippen LogP contribution in [0.15, 0.2) is 30.6 Å². The van der Waals surface area contributed by atoms with Crippen LogP contribution in [0.2, 0.25) is 0 Å². The van der Waals surface area contributed by atoms with E-state index in [9.17, 15) is 4.79 Å². The molecule has 0 aliphatic carbocycles. The highest BCUT2D eigenvalue weighted by Gasteiger charge is 2.07. The van der Waals surface area contributed by atoms with E-state index >= 15 is 0 Å². The molecular formula is C12H16N5O+. The lowest BCUT2D eigenvalue weighted by Crippen LogP contribution is -2.33. The van der Waals surface area contributed by atoms with Gasteiger partial charge in [-0.3, -0.25) is 4.79 Å². The molecule has 0 unspecified atom stereocenters. The molecule has 0 aliphatic rings. The van der Waals surface area contributed by atoms with E-state index in [1.54, 1.807) is 0 Å². The van der Waals surface area contributed by atoms with E-state index in [4.69, 9.17) is 0 Å². The third kappa shape index (κ3) is 4.04. The molecule has 0 radical (unpaired) electrons. The van der Waals surface area contributed by atoms with E-state index < -0.39 is 0 Å². The maximum Gasteiger partial charge on any atom is 0.174 e. The zero-order valence-electron chi connectivity index (χ0n) is 10.1. The number of pyridine rings is 1. The fourth-order valence-corrected chi connectivity index (χ4v) is 1.69. The number of hydrogen-bond acceptors (Lipinski definition) is 4. The van der Waals surface area contributed by atoms with Crippen LogP contribution in [0.1, 0.15) is 25.1 Å². The number of aromatic nitrogens is 5. The smallest absolute Gasteiger partial charge is 0.174 e. The number of aryl methyl sites for hydroxylation is 2. The van der Waals surface area contributed by atoms with Gasteiger partial charge in [-0.15, -0.1) is 10.2 Å². The highest BCUT2D eigenvalue weighted by Crippen LogP contribution is 2.00. The zero-order chi connectivity index (χ0) is 12.6. The van der Waals surface area contributed by atoms with E-state index in [-0.39, 0.29) is 5.78 Å². The van der Waals surface area contributed by atoms with E-state index in [1.165, 1.54) is 0 Å². The number of nitrogens with one attached hydrogen (secondary N) is 1. The van der Waals surface area contributed by atoms with Gasteiger partial charge in [0.05, 0.1) is 6.42 Å². The van der Waals surface area contributed by atoms with Gasteiger partial charge in [-0.1, -0.05) is 11.3 Å². The van der Waals surface area contributed by atoms with Gasteiger partial charge in [-0.2, -0.15) is 5.21 Å². The summed E-state index contributed by atoms with van der Waals surface area (Å²) in [5.74, 6) is 0.940. The van der Waals surface area contributed by atoms with Gasteiger partial charge in [0.2, 0.25) is 0 Å². The Morgan fingerprint density at radius 1 is 1.22 bits per heavy atom. The first-order chi connectivity index (χ1) is 8.84. The number of Topliss-reactive ketones (excluding diaryl/α,β-unsaturated/α-hetero) is 1. The monoisotopic (exact) mass is 246 g/mol. The molecule has 2 aromatic rings. The minimum atomic E-state index is 0.273. The topological polar surface area (TPSA) is 75.4 Å². The summed E-state index contributed by atoms with van der Waals surface area (Å²) >= 11 is 0. The van der Waals surface area contributed by atoms with Crippen LogP contribution < -0.4 is 4.57 Å². The van der Waals surface area contributed by atoms with Crippen molar-refractivity contribution in [3.8, 4) is 0 Å². The van der Waals surface area contributed by atoms with Crippen LogP contribution >= 0.6 is 0 Å². The number of tetrazole rings is 1. The largest absolute Gasteiger partial charge is 0.299 e. The van der Waals surface area contributed by atoms with Gasteiger partial charge >= 0.3 is 0 Å². The molecule has 94 valence electrons. The Kier molecular flexibility index (Phi) is 4.52. The second-order valence-corrected chi connectivity index (χ2v) is 4.08. The number of H-pyrrole nitrogens is 1. The van der Waals surface area contributed by atoms with Crippen molar-refractivity contribution >= 4 is 5.78 Å². The first-order valence-corrected chi connectivity index (χ1v) is 6.03. The fraction of sp³-hybridized carbons (Fsp3) is 0.417. The molecule has 0 amide bonds. The summed E-state index contributed by atoms with van der Waals surface area (Å²) < 4.78 is 2.01. The Morgan fingerprint density at radius 3 is 2.78 bits per heavy atom. The maximum atomic E-state index is 11.7. The zero-order valence-corrected chi connectivity index (χ0v) is 10.1. The SMILES string of the molecule is O=C(CCCc1nn[nH]n1)CC[n+]1ccccc1. The van der Waals surface area contributed by atoms with Crippen LogP contribution in [0, 0.1) is 0 Å². The highest BCUT2D eigenvalue weighted by molar-refractivity contribution is 5.78. The van der Waals surface area contributed by atoms with Crippen molar-refractivity contribution < 1.29 is 9.36 Å². The summed E-state index contributed by atoms with van der Waals surface area (Å²) in [5, 5.41) is 13.6. The van der Waals surface area contributed by atoms with Gasteiger partial charge in [-0.05, 0) is 6.42 Å². The lowest BCUT2D eigenvalue weighted by molar-refractivity contribution is -0.695. The number of carbonyl (C=O) groups excluding carboxylic acids is 1. The second-order valence-electron chi connectivity index (χ2n) is 4.08. The maximum absolute atomic E-state index is 11.7. The van der Waals surface area contributed by atoms with E-state index in [0.717, 1.165) is 13.0 Å². The predicted molar refractivity (Wildman–Crippen MR) is 63.4 cm³/mol. The molecule has 6 heteroatoms. The molecule has 0 saturated carbocycles. The van der Waals surface area contributed by atoms with Crippen LogP contribution in [-0.2, 0) is 17.8 Å². The van der Waals surface area contributed by atoms with Gasteiger partial charge in [0.15, 0.2) is 24.8 Å². The summed E-state index contributed by atoms with van der Waals surface area (Å²) in [4.78, 5) is 11.7. The van der Waals surface area contributed by atoms with Crippen molar-refractivity contribution in [3.63, 3.8) is 0 Å². The first kappa shape index (κ1) is 12.3. The predicted octanol–water partition coefficient (Wildman–Crippen LogP) is 0.469. The summed E-state index contributed by atoms with van der Waals surface area (Å²) in [6, 6.07) is 5.88. The van der Waals surface area contributed by atoms with Crippen molar-refractivity contribution in [2.75, 3.05) is 0 Å². The first-order valence-electron chi connectivity index (χ1n) is 6.03. The second kappa shape index (κ2) is 6.58. The Labute approximate surface area is 105 Å². The van der Waals surface area contributed by atoms with Crippen molar-refractivity contribution in [1.82, 2.24) is 20.6 Å². The van der Waals surface area contributed by atoms with Crippen LogP contribution in [-0.4, -0.2) is 26.4 Å². The minimum Gasteiger partial charge on any atom is -0.299 e. The lowest BCUT2D eigenvalue weighted by Gasteiger charge is -1.97. The average molecular weight is 246 g/mol. The standard InChI is InChI=1S/C12H16N5O/c18-11(5-4-6-12-13-15-16-14-12)7-10-17-8-2-1-3-9-17/h1-3,8-9H,4-7,10H2,(H,13,14,15,16)/q+1. The van der Waals surface area contributed by atoms with Crippen molar-refractivity contribution in [2.45, 2.75) is 32.2 Å². The van der Waals surface area contributed by atoms with Crippen LogP contribution in [0.4, 0.5) is 0 Å². The van der Waals surface area contributed by atoms with E-state index in [1.807, 2.05) is 35.2 Å². The highest BCUT2D eigenvalue weighted by atomic mass is 16.1. The molecule has 0 atom stereocenters. The molecule has 0 bridgehead atoms. The van der Waals surface area contributed by atoms with Crippen LogP contribution in [0.3, 0.4) is 0 Å². The number of carbonyl (C=O) groups is 1. The molecule has 0 fully saturated rings. The molecule has 0 aromatic carbocycles. The van der Waals surface area contributed by atoms with Gasteiger partial charge in [0.25, 0.3) is 0 Å². The third-order valence-corrected chi connectivity index (χ3v) is 2.67. The fourth-order valence-electron chi connectivity index (χ4n) is 1.69.